The first kappa shape index (κ1) is 10.9. The molecule has 1 unspecified atom stereocenters. The van der Waals surface area contributed by atoms with Gasteiger partial charge in [0.25, 0.3) is 0 Å². The summed E-state index contributed by atoms with van der Waals surface area (Å²) >= 11 is 0. The Balaban J connectivity index is 2.49. The van der Waals surface area contributed by atoms with E-state index in [2.05, 4.69) is 0 Å². The minimum absolute atomic E-state index is 0.104. The summed E-state index contributed by atoms with van der Waals surface area (Å²) in [5, 5.41) is 0. The number of carbonyl (C=O) groups excluding carboxylic acids is 1. The standard InChI is InChI=1S/C11H10O4S/c1-8-7-10(11(12)15-8)16(13,14)9-5-3-2-4-6-9/h2-8H,1H3. The van der Waals surface area contributed by atoms with Crippen LogP contribution in [0.4, 0.5) is 0 Å². The monoisotopic (exact) mass is 238 g/mol. The average molecular weight is 238 g/mol. The molecule has 1 heterocycles. The Bertz CT molecular complexity index is 543. The molecule has 0 saturated heterocycles. The highest BCUT2D eigenvalue weighted by Crippen LogP contribution is 2.25. The molecule has 0 aliphatic carbocycles. The number of hydrogen-bond acceptors (Lipinski definition) is 4. The zero-order chi connectivity index (χ0) is 11.8. The molecule has 16 heavy (non-hydrogen) atoms. The van der Waals surface area contributed by atoms with E-state index in [1.807, 2.05) is 0 Å². The molecule has 5 heteroatoms. The SMILES string of the molecule is CC1C=C(S(=O)(=O)c2ccccc2)C(=O)O1. The number of hydrogen-bond donors (Lipinski definition) is 0. The van der Waals surface area contributed by atoms with Crippen LogP contribution >= 0.6 is 0 Å². The Hall–Kier alpha value is -1.62. The third kappa shape index (κ3) is 1.74. The first-order valence-corrected chi connectivity index (χ1v) is 6.23. The molecule has 0 N–H and O–H groups in total. The van der Waals surface area contributed by atoms with E-state index >= 15 is 0 Å². The van der Waals surface area contributed by atoms with Gasteiger partial charge in [0.1, 0.15) is 6.10 Å². The maximum atomic E-state index is 12.0. The molecule has 0 saturated carbocycles. The van der Waals surface area contributed by atoms with E-state index < -0.39 is 21.9 Å². The topological polar surface area (TPSA) is 60.4 Å². The molecule has 1 atom stereocenters. The lowest BCUT2D eigenvalue weighted by atomic mass is 10.4. The summed E-state index contributed by atoms with van der Waals surface area (Å²) in [6.45, 7) is 1.62. The number of carbonyl (C=O) groups is 1. The van der Waals surface area contributed by atoms with Crippen LogP contribution in [0.25, 0.3) is 0 Å². The van der Waals surface area contributed by atoms with E-state index in [0.29, 0.717) is 0 Å². The molecular formula is C11H10O4S. The molecule has 4 nitrogen and oxygen atoms in total. The third-order valence-electron chi connectivity index (χ3n) is 2.22. The van der Waals surface area contributed by atoms with Crippen LogP contribution in [0.15, 0.2) is 46.2 Å². The molecule has 0 bridgehead atoms. The van der Waals surface area contributed by atoms with Crippen LogP contribution in [-0.2, 0) is 19.4 Å². The quantitative estimate of drug-likeness (QED) is 0.728. The van der Waals surface area contributed by atoms with Crippen LogP contribution in [0.5, 0.6) is 0 Å². The molecule has 2 rings (SSSR count). The van der Waals surface area contributed by atoms with Crippen molar-refractivity contribution in [3.8, 4) is 0 Å². The summed E-state index contributed by atoms with van der Waals surface area (Å²) in [5.74, 6) is -0.781. The third-order valence-corrected chi connectivity index (χ3v) is 4.00. The Morgan fingerprint density at radius 2 is 1.81 bits per heavy atom. The fourth-order valence-corrected chi connectivity index (χ4v) is 2.88. The van der Waals surface area contributed by atoms with Gasteiger partial charge in [0.05, 0.1) is 4.90 Å². The van der Waals surface area contributed by atoms with Crippen LogP contribution in [0.3, 0.4) is 0 Å². The number of ether oxygens (including phenoxy) is 1. The Kier molecular flexibility index (Phi) is 2.55. The highest BCUT2D eigenvalue weighted by Gasteiger charge is 2.33. The van der Waals surface area contributed by atoms with Gasteiger partial charge in [0.2, 0.25) is 9.84 Å². The van der Waals surface area contributed by atoms with Crippen LogP contribution in [0, 0.1) is 0 Å². The van der Waals surface area contributed by atoms with Crippen LogP contribution < -0.4 is 0 Å². The predicted molar refractivity (Wildman–Crippen MR) is 57.3 cm³/mol. The molecule has 0 spiro atoms. The summed E-state index contributed by atoms with van der Waals surface area (Å²) in [7, 11) is -3.73. The normalized spacial score (nSPS) is 20.4. The summed E-state index contributed by atoms with van der Waals surface area (Å²) in [6.07, 6.45) is 0.839. The molecule has 0 fully saturated rings. The smallest absolute Gasteiger partial charge is 0.350 e. The Morgan fingerprint density at radius 1 is 1.19 bits per heavy atom. The van der Waals surface area contributed by atoms with Gasteiger partial charge in [-0.15, -0.1) is 0 Å². The average Bonchev–Trinajstić information content (AvgIpc) is 2.60. The zero-order valence-corrected chi connectivity index (χ0v) is 9.40. The van der Waals surface area contributed by atoms with Gasteiger partial charge in [0.15, 0.2) is 4.91 Å². The van der Waals surface area contributed by atoms with E-state index in [1.54, 1.807) is 25.1 Å². The van der Waals surface area contributed by atoms with Crippen molar-refractivity contribution in [2.45, 2.75) is 17.9 Å². The molecule has 1 aliphatic rings. The van der Waals surface area contributed by atoms with E-state index in [0.717, 1.165) is 0 Å². The van der Waals surface area contributed by atoms with Crippen LogP contribution in [0.2, 0.25) is 0 Å². The van der Waals surface area contributed by atoms with Crippen molar-refractivity contribution in [1.82, 2.24) is 0 Å². The predicted octanol–water partition coefficient (Wildman–Crippen LogP) is 1.29. The lowest BCUT2D eigenvalue weighted by Crippen LogP contribution is -2.11. The van der Waals surface area contributed by atoms with E-state index in [4.69, 9.17) is 4.74 Å². The minimum Gasteiger partial charge on any atom is -0.454 e. The van der Waals surface area contributed by atoms with Crippen LogP contribution in [-0.4, -0.2) is 20.5 Å². The van der Waals surface area contributed by atoms with Gasteiger partial charge in [-0.05, 0) is 25.1 Å². The highest BCUT2D eigenvalue weighted by molar-refractivity contribution is 7.96. The summed E-state index contributed by atoms with van der Waals surface area (Å²) in [6, 6.07) is 7.83. The number of rotatable bonds is 2. The van der Waals surface area contributed by atoms with Gasteiger partial charge in [-0.3, -0.25) is 0 Å². The molecule has 1 aliphatic heterocycles. The molecule has 0 aromatic heterocycles. The van der Waals surface area contributed by atoms with Crippen molar-refractivity contribution in [1.29, 1.82) is 0 Å². The molecule has 84 valence electrons. The van der Waals surface area contributed by atoms with Crippen molar-refractivity contribution >= 4 is 15.8 Å². The number of sulfone groups is 1. The van der Waals surface area contributed by atoms with E-state index in [9.17, 15) is 13.2 Å². The first-order valence-electron chi connectivity index (χ1n) is 4.75. The zero-order valence-electron chi connectivity index (χ0n) is 8.58. The maximum Gasteiger partial charge on any atom is 0.350 e. The molecule has 1 aromatic rings. The Morgan fingerprint density at radius 3 is 2.31 bits per heavy atom. The van der Waals surface area contributed by atoms with Crippen molar-refractivity contribution in [3.63, 3.8) is 0 Å². The second kappa shape index (κ2) is 3.75. The summed E-state index contributed by atoms with van der Waals surface area (Å²) in [4.78, 5) is 11.2. The lowest BCUT2D eigenvalue weighted by Gasteiger charge is -2.02. The van der Waals surface area contributed by atoms with Gasteiger partial charge in [0, 0.05) is 0 Å². The van der Waals surface area contributed by atoms with Crippen molar-refractivity contribution < 1.29 is 17.9 Å². The molecule has 0 amide bonds. The minimum atomic E-state index is -3.73. The van der Waals surface area contributed by atoms with Gasteiger partial charge in [-0.25, -0.2) is 13.2 Å². The van der Waals surface area contributed by atoms with Gasteiger partial charge >= 0.3 is 5.97 Å². The van der Waals surface area contributed by atoms with E-state index in [-0.39, 0.29) is 9.80 Å². The van der Waals surface area contributed by atoms with Crippen molar-refractivity contribution in [3.05, 3.63) is 41.3 Å². The molecule has 0 radical (unpaired) electrons. The maximum absolute atomic E-state index is 12.0. The van der Waals surface area contributed by atoms with Gasteiger partial charge in [-0.1, -0.05) is 18.2 Å². The Labute approximate surface area is 93.5 Å². The largest absolute Gasteiger partial charge is 0.454 e. The number of cyclic esters (lactones) is 1. The highest BCUT2D eigenvalue weighted by atomic mass is 32.2. The molecule has 1 aromatic carbocycles. The fourth-order valence-electron chi connectivity index (χ4n) is 1.47. The number of esters is 1. The second-order valence-corrected chi connectivity index (χ2v) is 5.38. The van der Waals surface area contributed by atoms with Gasteiger partial charge < -0.3 is 4.74 Å². The summed E-state index contributed by atoms with van der Waals surface area (Å²) < 4.78 is 28.8. The van der Waals surface area contributed by atoms with E-state index in [1.165, 1.54) is 18.2 Å². The van der Waals surface area contributed by atoms with Crippen LogP contribution in [0.1, 0.15) is 6.92 Å². The molecular weight excluding hydrogens is 228 g/mol. The van der Waals surface area contributed by atoms with Crippen molar-refractivity contribution in [2.24, 2.45) is 0 Å². The van der Waals surface area contributed by atoms with Gasteiger partial charge in [-0.2, -0.15) is 0 Å². The lowest BCUT2D eigenvalue weighted by molar-refractivity contribution is -0.138. The number of benzene rings is 1. The fraction of sp³-hybridized carbons (Fsp3) is 0.182. The first-order chi connectivity index (χ1) is 7.51. The second-order valence-electron chi connectivity index (χ2n) is 3.46. The summed E-state index contributed by atoms with van der Waals surface area (Å²) in [5.41, 5.74) is 0. The van der Waals surface area contributed by atoms with Crippen molar-refractivity contribution in [2.75, 3.05) is 0 Å².